The number of alkyl carbamates (subject to hydrolysis) is 1. The van der Waals surface area contributed by atoms with Crippen LogP contribution < -0.4 is 10.6 Å². The second kappa shape index (κ2) is 10.7. The van der Waals surface area contributed by atoms with Crippen molar-refractivity contribution in [3.8, 4) is 11.1 Å². The minimum Gasteiger partial charge on any atom is -0.481 e. The molecule has 1 saturated carbocycles. The maximum atomic E-state index is 12.6. The Kier molecular flexibility index (Phi) is 7.50. The van der Waals surface area contributed by atoms with Gasteiger partial charge >= 0.3 is 12.1 Å². The van der Waals surface area contributed by atoms with Crippen LogP contribution in [0.25, 0.3) is 11.1 Å². The molecular weight excluding hydrogens is 432 g/mol. The lowest BCUT2D eigenvalue weighted by molar-refractivity contribution is -0.137. The van der Waals surface area contributed by atoms with Crippen molar-refractivity contribution in [2.45, 2.75) is 63.5 Å². The average molecular weight is 465 g/mol. The van der Waals surface area contributed by atoms with Crippen LogP contribution in [-0.4, -0.2) is 41.8 Å². The topological polar surface area (TPSA) is 105 Å². The van der Waals surface area contributed by atoms with Gasteiger partial charge in [-0.2, -0.15) is 0 Å². The van der Waals surface area contributed by atoms with Gasteiger partial charge < -0.3 is 20.5 Å². The molecule has 7 nitrogen and oxygen atoms in total. The van der Waals surface area contributed by atoms with Crippen LogP contribution in [-0.2, 0) is 14.3 Å². The molecule has 2 aliphatic carbocycles. The summed E-state index contributed by atoms with van der Waals surface area (Å²) in [6.45, 7) is 2.07. The summed E-state index contributed by atoms with van der Waals surface area (Å²) in [5, 5.41) is 14.6. The zero-order valence-electron chi connectivity index (χ0n) is 19.5. The molecule has 1 unspecified atom stereocenters. The van der Waals surface area contributed by atoms with Crippen LogP contribution >= 0.6 is 0 Å². The molecule has 0 bridgehead atoms. The number of rotatable bonds is 9. The molecule has 2 amide bonds. The fourth-order valence-electron chi connectivity index (χ4n) is 5.25. The molecule has 0 saturated heterocycles. The molecule has 7 heteroatoms. The molecule has 3 N–H and O–H groups in total. The van der Waals surface area contributed by atoms with Gasteiger partial charge in [0, 0.05) is 30.8 Å². The third-order valence-corrected chi connectivity index (χ3v) is 6.95. The molecule has 2 aromatic carbocycles. The lowest BCUT2D eigenvalue weighted by atomic mass is 9.98. The minimum atomic E-state index is -0.871. The smallest absolute Gasteiger partial charge is 0.407 e. The first-order valence-corrected chi connectivity index (χ1v) is 12.0. The zero-order chi connectivity index (χ0) is 24.1. The van der Waals surface area contributed by atoms with Gasteiger partial charge in [-0.1, -0.05) is 55.0 Å². The molecular formula is C27H32N2O5. The summed E-state index contributed by atoms with van der Waals surface area (Å²) >= 11 is 0. The number of carboxylic acid groups (broad SMARTS) is 1. The quantitative estimate of drug-likeness (QED) is 0.508. The number of carboxylic acids is 1. The van der Waals surface area contributed by atoms with E-state index in [1.807, 2.05) is 31.2 Å². The third-order valence-electron chi connectivity index (χ3n) is 6.95. The highest BCUT2D eigenvalue weighted by Crippen LogP contribution is 2.44. The highest BCUT2D eigenvalue weighted by molar-refractivity contribution is 5.79. The summed E-state index contributed by atoms with van der Waals surface area (Å²) in [6.07, 6.45) is 2.91. The first-order valence-electron chi connectivity index (χ1n) is 12.0. The number of nitrogens with one attached hydrogen (secondary N) is 2. The molecule has 0 spiro atoms. The van der Waals surface area contributed by atoms with Crippen molar-refractivity contribution in [3.63, 3.8) is 0 Å². The van der Waals surface area contributed by atoms with E-state index in [2.05, 4.69) is 34.9 Å². The molecule has 0 aromatic heterocycles. The van der Waals surface area contributed by atoms with Crippen molar-refractivity contribution in [3.05, 3.63) is 59.7 Å². The highest BCUT2D eigenvalue weighted by Gasteiger charge is 2.32. The molecule has 4 rings (SSSR count). The Morgan fingerprint density at radius 1 is 1.03 bits per heavy atom. The van der Waals surface area contributed by atoms with Crippen LogP contribution in [0.5, 0.6) is 0 Å². The van der Waals surface area contributed by atoms with E-state index in [4.69, 9.17) is 9.84 Å². The lowest BCUT2D eigenvalue weighted by Crippen LogP contribution is -2.41. The number of fused-ring (bicyclic) bond motifs is 3. The fraction of sp³-hybridized carbons (Fsp3) is 0.444. The predicted octanol–water partition coefficient (Wildman–Crippen LogP) is 4.45. The van der Waals surface area contributed by atoms with Gasteiger partial charge in [0.05, 0.1) is 0 Å². The first kappa shape index (κ1) is 23.8. The monoisotopic (exact) mass is 464 g/mol. The van der Waals surface area contributed by atoms with E-state index in [-0.39, 0.29) is 42.9 Å². The van der Waals surface area contributed by atoms with E-state index in [0.717, 1.165) is 19.3 Å². The van der Waals surface area contributed by atoms with Gasteiger partial charge in [-0.25, -0.2) is 4.79 Å². The number of hydrogen-bond acceptors (Lipinski definition) is 4. The molecule has 2 aliphatic rings. The Hall–Kier alpha value is -3.35. The lowest BCUT2D eigenvalue weighted by Gasteiger charge is -2.22. The number of benzene rings is 2. The van der Waals surface area contributed by atoms with E-state index >= 15 is 0 Å². The van der Waals surface area contributed by atoms with Crippen molar-refractivity contribution in [2.24, 2.45) is 5.92 Å². The van der Waals surface area contributed by atoms with Crippen molar-refractivity contribution in [2.75, 3.05) is 6.61 Å². The van der Waals surface area contributed by atoms with Gasteiger partial charge in [0.25, 0.3) is 0 Å². The van der Waals surface area contributed by atoms with Crippen LogP contribution in [0.15, 0.2) is 48.5 Å². The highest BCUT2D eigenvalue weighted by atomic mass is 16.5. The van der Waals surface area contributed by atoms with Gasteiger partial charge in [0.2, 0.25) is 5.91 Å². The number of ether oxygens (including phenoxy) is 1. The Morgan fingerprint density at radius 2 is 1.68 bits per heavy atom. The Balaban J connectivity index is 1.28. The summed E-state index contributed by atoms with van der Waals surface area (Å²) in [4.78, 5) is 35.8. The fourth-order valence-corrected chi connectivity index (χ4v) is 5.25. The second-order valence-electron chi connectivity index (χ2n) is 9.37. The van der Waals surface area contributed by atoms with Gasteiger partial charge in [-0.3, -0.25) is 9.59 Å². The van der Waals surface area contributed by atoms with Crippen molar-refractivity contribution in [1.29, 1.82) is 0 Å². The molecule has 0 heterocycles. The molecule has 0 aliphatic heterocycles. The van der Waals surface area contributed by atoms with Crippen molar-refractivity contribution in [1.82, 2.24) is 10.6 Å². The van der Waals surface area contributed by atoms with Crippen LogP contribution in [0.4, 0.5) is 4.79 Å². The van der Waals surface area contributed by atoms with Gasteiger partial charge in [-0.15, -0.1) is 0 Å². The van der Waals surface area contributed by atoms with Gasteiger partial charge in [0.1, 0.15) is 6.61 Å². The van der Waals surface area contributed by atoms with Crippen molar-refractivity contribution >= 4 is 18.0 Å². The standard InChI is InChI=1S/C27H32N2O5/c1-17(13-14-26(31)32)28-25(30)15-18-7-6-12-24(18)29-27(33)34-16-23-21-10-4-2-8-19(21)20-9-3-5-11-22(20)23/h2-5,8-11,17-18,23-24H,6-7,12-16H2,1H3,(H,28,30)(H,29,33)(H,31,32)/t17?,18-,24+/m0/s1. The summed E-state index contributed by atoms with van der Waals surface area (Å²) in [7, 11) is 0. The molecule has 1 fully saturated rings. The first-order chi connectivity index (χ1) is 16.4. The SMILES string of the molecule is CC(CCC(=O)O)NC(=O)C[C@@H]1CCC[C@H]1NC(=O)OCC1c2ccccc2-c2ccccc21. The van der Waals surface area contributed by atoms with Crippen LogP contribution in [0.2, 0.25) is 0 Å². The maximum absolute atomic E-state index is 12.6. The molecule has 180 valence electrons. The second-order valence-corrected chi connectivity index (χ2v) is 9.37. The number of amides is 2. The van der Waals surface area contributed by atoms with Crippen LogP contribution in [0.1, 0.15) is 62.5 Å². The Bertz CT molecular complexity index is 1010. The number of aliphatic carboxylic acids is 1. The number of carbonyl (C=O) groups is 3. The average Bonchev–Trinajstić information content (AvgIpc) is 3.38. The maximum Gasteiger partial charge on any atom is 0.407 e. The number of hydrogen-bond donors (Lipinski definition) is 3. The molecule has 2 aromatic rings. The molecule has 34 heavy (non-hydrogen) atoms. The predicted molar refractivity (Wildman–Crippen MR) is 128 cm³/mol. The minimum absolute atomic E-state index is 0.00981. The third kappa shape index (κ3) is 5.58. The Morgan fingerprint density at radius 3 is 2.32 bits per heavy atom. The van der Waals surface area contributed by atoms with E-state index in [9.17, 15) is 14.4 Å². The molecule has 0 radical (unpaired) electrons. The molecule has 3 atom stereocenters. The van der Waals surface area contributed by atoms with E-state index < -0.39 is 12.1 Å². The normalized spacial score (nSPS) is 19.7. The van der Waals surface area contributed by atoms with Crippen LogP contribution in [0.3, 0.4) is 0 Å². The van der Waals surface area contributed by atoms with Crippen molar-refractivity contribution < 1.29 is 24.2 Å². The van der Waals surface area contributed by atoms with E-state index in [1.54, 1.807) is 0 Å². The Labute approximate surface area is 199 Å². The zero-order valence-corrected chi connectivity index (χ0v) is 19.5. The largest absolute Gasteiger partial charge is 0.481 e. The summed E-state index contributed by atoms with van der Waals surface area (Å²) in [6, 6.07) is 16.1. The summed E-state index contributed by atoms with van der Waals surface area (Å²) in [5.41, 5.74) is 4.71. The number of carbonyl (C=O) groups excluding carboxylic acids is 2. The van der Waals surface area contributed by atoms with Gasteiger partial charge in [-0.05, 0) is 54.4 Å². The van der Waals surface area contributed by atoms with Gasteiger partial charge in [0.15, 0.2) is 0 Å². The van der Waals surface area contributed by atoms with E-state index in [1.165, 1.54) is 22.3 Å². The summed E-state index contributed by atoms with van der Waals surface area (Å²) in [5.74, 6) is -0.920. The summed E-state index contributed by atoms with van der Waals surface area (Å²) < 4.78 is 5.67. The van der Waals surface area contributed by atoms with Crippen LogP contribution in [0, 0.1) is 5.92 Å². The van der Waals surface area contributed by atoms with E-state index in [0.29, 0.717) is 12.8 Å².